The van der Waals surface area contributed by atoms with Gasteiger partial charge in [0.15, 0.2) is 0 Å². The third kappa shape index (κ3) is 3.20. The molecule has 0 saturated carbocycles. The Balaban J connectivity index is 1.63. The maximum atomic E-state index is 11.8. The van der Waals surface area contributed by atoms with E-state index in [1.807, 2.05) is 59.3 Å². The molecule has 1 amide bonds. The number of rotatable bonds is 4. The number of amides is 1. The summed E-state index contributed by atoms with van der Waals surface area (Å²) in [5.41, 5.74) is 2.87. The second-order valence-electron chi connectivity index (χ2n) is 4.69. The van der Waals surface area contributed by atoms with Crippen LogP contribution in [0.4, 0.5) is 0 Å². The molecule has 3 rings (SSSR count). The standard InChI is InChI=1S/C16H15N3OS/c1-12-4-2-6-15-18-13(11-19(12)15)10-17-16(20)8-7-14-5-3-9-21-14/h2-9,11H,10H2,1H3,(H,17,20)/b8-7+. The molecule has 0 unspecified atom stereocenters. The van der Waals surface area contributed by atoms with Crippen molar-refractivity contribution in [3.05, 3.63) is 64.2 Å². The lowest BCUT2D eigenvalue weighted by Gasteiger charge is -1.98. The lowest BCUT2D eigenvalue weighted by atomic mass is 10.4. The number of hydrogen-bond acceptors (Lipinski definition) is 3. The minimum absolute atomic E-state index is 0.114. The normalized spacial score (nSPS) is 11.3. The van der Waals surface area contributed by atoms with Crippen LogP contribution in [0.25, 0.3) is 11.7 Å². The molecular formula is C16H15N3OS. The fraction of sp³-hybridized carbons (Fsp3) is 0.125. The van der Waals surface area contributed by atoms with Crippen LogP contribution in [0.1, 0.15) is 16.3 Å². The zero-order valence-electron chi connectivity index (χ0n) is 11.6. The number of aryl methyl sites for hydroxylation is 1. The van der Waals surface area contributed by atoms with Gasteiger partial charge < -0.3 is 9.72 Å². The molecule has 0 saturated heterocycles. The number of pyridine rings is 1. The van der Waals surface area contributed by atoms with Crippen molar-refractivity contribution in [2.75, 3.05) is 0 Å². The maximum absolute atomic E-state index is 11.8. The van der Waals surface area contributed by atoms with Gasteiger partial charge in [0, 0.05) is 22.8 Å². The van der Waals surface area contributed by atoms with Crippen molar-refractivity contribution in [3.8, 4) is 0 Å². The van der Waals surface area contributed by atoms with Crippen molar-refractivity contribution in [2.45, 2.75) is 13.5 Å². The summed E-state index contributed by atoms with van der Waals surface area (Å²) in [5.74, 6) is -0.114. The Morgan fingerprint density at radius 3 is 3.05 bits per heavy atom. The summed E-state index contributed by atoms with van der Waals surface area (Å²) in [6.45, 7) is 2.45. The molecule has 0 bridgehead atoms. The Morgan fingerprint density at radius 2 is 2.29 bits per heavy atom. The van der Waals surface area contributed by atoms with Crippen molar-refractivity contribution in [2.24, 2.45) is 0 Å². The van der Waals surface area contributed by atoms with Crippen LogP contribution in [0.5, 0.6) is 0 Å². The van der Waals surface area contributed by atoms with Crippen LogP contribution in [0.2, 0.25) is 0 Å². The number of nitrogens with one attached hydrogen (secondary N) is 1. The van der Waals surface area contributed by atoms with Gasteiger partial charge in [-0.2, -0.15) is 0 Å². The average Bonchev–Trinajstić information content (AvgIpc) is 3.12. The molecule has 0 aliphatic carbocycles. The Hall–Kier alpha value is -2.40. The quantitative estimate of drug-likeness (QED) is 0.752. The van der Waals surface area contributed by atoms with E-state index in [9.17, 15) is 4.79 Å². The fourth-order valence-electron chi connectivity index (χ4n) is 2.06. The molecule has 0 fully saturated rings. The van der Waals surface area contributed by atoms with Crippen LogP contribution < -0.4 is 5.32 Å². The highest BCUT2D eigenvalue weighted by molar-refractivity contribution is 7.10. The van der Waals surface area contributed by atoms with E-state index in [1.54, 1.807) is 17.4 Å². The first-order valence-electron chi connectivity index (χ1n) is 6.65. The SMILES string of the molecule is Cc1cccc2nc(CNC(=O)/C=C/c3cccs3)cn12. The number of carbonyl (C=O) groups excluding carboxylic acids is 1. The van der Waals surface area contributed by atoms with Crippen molar-refractivity contribution in [1.29, 1.82) is 0 Å². The van der Waals surface area contributed by atoms with Gasteiger partial charge in [0.2, 0.25) is 5.91 Å². The van der Waals surface area contributed by atoms with E-state index in [2.05, 4.69) is 10.3 Å². The monoisotopic (exact) mass is 297 g/mol. The molecule has 0 atom stereocenters. The second-order valence-corrected chi connectivity index (χ2v) is 5.67. The first-order valence-corrected chi connectivity index (χ1v) is 7.53. The summed E-state index contributed by atoms with van der Waals surface area (Å²) in [6, 6.07) is 9.89. The van der Waals surface area contributed by atoms with Gasteiger partial charge in [-0.25, -0.2) is 4.98 Å². The zero-order valence-corrected chi connectivity index (χ0v) is 12.4. The number of fused-ring (bicyclic) bond motifs is 1. The highest BCUT2D eigenvalue weighted by Gasteiger charge is 2.04. The summed E-state index contributed by atoms with van der Waals surface area (Å²) in [4.78, 5) is 17.3. The summed E-state index contributed by atoms with van der Waals surface area (Å²) in [6.07, 6.45) is 5.31. The largest absolute Gasteiger partial charge is 0.347 e. The molecular weight excluding hydrogens is 282 g/mol. The van der Waals surface area contributed by atoms with E-state index >= 15 is 0 Å². The first-order chi connectivity index (χ1) is 10.2. The summed E-state index contributed by atoms with van der Waals surface area (Å²) < 4.78 is 2.02. The first kappa shape index (κ1) is 13.6. The zero-order chi connectivity index (χ0) is 14.7. The highest BCUT2D eigenvalue weighted by atomic mass is 32.1. The maximum Gasteiger partial charge on any atom is 0.244 e. The third-order valence-corrected chi connectivity index (χ3v) is 3.97. The number of imidazole rings is 1. The minimum atomic E-state index is -0.114. The van der Waals surface area contributed by atoms with Gasteiger partial charge in [-0.3, -0.25) is 4.79 Å². The predicted octanol–water partition coefficient (Wildman–Crippen LogP) is 3.03. The Kier molecular flexibility index (Phi) is 3.83. The lowest BCUT2D eigenvalue weighted by molar-refractivity contribution is -0.116. The summed E-state index contributed by atoms with van der Waals surface area (Å²) >= 11 is 1.60. The van der Waals surface area contributed by atoms with Crippen LogP contribution >= 0.6 is 11.3 Å². The molecule has 21 heavy (non-hydrogen) atoms. The van der Waals surface area contributed by atoms with Crippen molar-refractivity contribution in [1.82, 2.24) is 14.7 Å². The molecule has 3 heterocycles. The number of aromatic nitrogens is 2. The molecule has 0 spiro atoms. The molecule has 3 aromatic rings. The second kappa shape index (κ2) is 5.93. The lowest BCUT2D eigenvalue weighted by Crippen LogP contribution is -2.20. The van der Waals surface area contributed by atoms with E-state index in [1.165, 1.54) is 0 Å². The minimum Gasteiger partial charge on any atom is -0.347 e. The number of carbonyl (C=O) groups is 1. The number of nitrogens with zero attached hydrogens (tertiary/aromatic N) is 2. The fourth-order valence-corrected chi connectivity index (χ4v) is 2.68. The van der Waals surface area contributed by atoms with Crippen molar-refractivity contribution in [3.63, 3.8) is 0 Å². The molecule has 0 radical (unpaired) electrons. The van der Waals surface area contributed by atoms with Gasteiger partial charge in [0.05, 0.1) is 12.2 Å². The average molecular weight is 297 g/mol. The van der Waals surface area contributed by atoms with E-state index < -0.39 is 0 Å². The van der Waals surface area contributed by atoms with Gasteiger partial charge in [0.25, 0.3) is 0 Å². The van der Waals surface area contributed by atoms with Gasteiger partial charge >= 0.3 is 0 Å². The van der Waals surface area contributed by atoms with Crippen LogP contribution in [-0.2, 0) is 11.3 Å². The molecule has 3 aromatic heterocycles. The smallest absolute Gasteiger partial charge is 0.244 e. The topological polar surface area (TPSA) is 46.4 Å². The van der Waals surface area contributed by atoms with Gasteiger partial charge in [-0.05, 0) is 36.6 Å². The van der Waals surface area contributed by atoms with Crippen LogP contribution in [0.3, 0.4) is 0 Å². The van der Waals surface area contributed by atoms with Crippen LogP contribution in [0, 0.1) is 6.92 Å². The molecule has 5 heteroatoms. The Labute approximate surface area is 126 Å². The van der Waals surface area contributed by atoms with Gasteiger partial charge in [0.1, 0.15) is 5.65 Å². The van der Waals surface area contributed by atoms with Crippen molar-refractivity contribution >= 4 is 29.0 Å². The van der Waals surface area contributed by atoms with Crippen molar-refractivity contribution < 1.29 is 4.79 Å². The van der Waals surface area contributed by atoms with Gasteiger partial charge in [-0.1, -0.05) is 12.1 Å². The highest BCUT2D eigenvalue weighted by Crippen LogP contribution is 2.10. The molecule has 1 N–H and O–H groups in total. The van der Waals surface area contributed by atoms with Crippen LogP contribution in [0.15, 0.2) is 48.0 Å². The van der Waals surface area contributed by atoms with E-state index in [0.717, 1.165) is 21.9 Å². The molecule has 106 valence electrons. The molecule has 0 aromatic carbocycles. The summed E-state index contributed by atoms with van der Waals surface area (Å²) in [7, 11) is 0. The van der Waals surface area contributed by atoms with Crippen LogP contribution in [-0.4, -0.2) is 15.3 Å². The summed E-state index contributed by atoms with van der Waals surface area (Å²) in [5, 5.41) is 4.83. The molecule has 4 nitrogen and oxygen atoms in total. The van der Waals surface area contributed by atoms with E-state index in [4.69, 9.17) is 0 Å². The van der Waals surface area contributed by atoms with E-state index in [0.29, 0.717) is 6.54 Å². The van der Waals surface area contributed by atoms with Gasteiger partial charge in [-0.15, -0.1) is 11.3 Å². The molecule has 0 aliphatic heterocycles. The molecule has 0 aliphatic rings. The predicted molar refractivity (Wildman–Crippen MR) is 85.1 cm³/mol. The third-order valence-electron chi connectivity index (χ3n) is 3.13. The number of hydrogen-bond donors (Lipinski definition) is 1. The number of thiophene rings is 1. The Morgan fingerprint density at radius 1 is 1.38 bits per heavy atom. The Bertz CT molecular complexity index is 787. The van der Waals surface area contributed by atoms with E-state index in [-0.39, 0.29) is 5.91 Å².